The second-order valence-corrected chi connectivity index (χ2v) is 5.75. The molecular weight excluding hydrogens is 212 g/mol. The summed E-state index contributed by atoms with van der Waals surface area (Å²) in [6.45, 7) is 6.72. The maximum atomic E-state index is 5.41. The Bertz CT molecular complexity index is 220. The highest BCUT2D eigenvalue weighted by Gasteiger charge is 2.40. The van der Waals surface area contributed by atoms with Gasteiger partial charge in [0.1, 0.15) is 0 Å². The first-order valence-electron chi connectivity index (χ1n) is 7.26. The van der Waals surface area contributed by atoms with E-state index in [4.69, 9.17) is 4.74 Å². The third kappa shape index (κ3) is 3.21. The van der Waals surface area contributed by atoms with E-state index in [0.29, 0.717) is 6.10 Å². The minimum absolute atomic E-state index is 0.373. The average molecular weight is 240 g/mol. The summed E-state index contributed by atoms with van der Waals surface area (Å²) in [6.07, 6.45) is 7.09. The van der Waals surface area contributed by atoms with E-state index in [0.717, 1.165) is 24.7 Å². The van der Waals surface area contributed by atoms with Gasteiger partial charge in [-0.15, -0.1) is 0 Å². The fourth-order valence-electron chi connectivity index (χ4n) is 3.46. The minimum Gasteiger partial charge on any atom is -0.380 e. The molecule has 0 aliphatic carbocycles. The van der Waals surface area contributed by atoms with Crippen LogP contribution in [0.1, 0.15) is 46.0 Å². The van der Waals surface area contributed by atoms with E-state index in [9.17, 15) is 0 Å². The van der Waals surface area contributed by atoms with Crippen LogP contribution in [-0.2, 0) is 4.74 Å². The molecule has 0 radical (unpaired) electrons. The normalized spacial score (nSPS) is 35.1. The zero-order valence-electron chi connectivity index (χ0n) is 11.6. The van der Waals surface area contributed by atoms with Crippen molar-refractivity contribution in [1.29, 1.82) is 0 Å². The number of nitrogens with one attached hydrogen (secondary N) is 1. The Morgan fingerprint density at radius 1 is 1.29 bits per heavy atom. The van der Waals surface area contributed by atoms with Crippen LogP contribution in [0.25, 0.3) is 0 Å². The van der Waals surface area contributed by atoms with Crippen LogP contribution in [0.3, 0.4) is 0 Å². The Morgan fingerprint density at radius 2 is 1.94 bits per heavy atom. The third-order valence-corrected chi connectivity index (χ3v) is 4.44. The van der Waals surface area contributed by atoms with Gasteiger partial charge in [0.05, 0.1) is 6.10 Å². The highest BCUT2D eigenvalue weighted by molar-refractivity contribution is 4.97. The number of hydrogen-bond acceptors (Lipinski definition) is 3. The van der Waals surface area contributed by atoms with Gasteiger partial charge in [0, 0.05) is 31.8 Å². The number of piperidine rings is 1. The van der Waals surface area contributed by atoms with Gasteiger partial charge in [-0.2, -0.15) is 0 Å². The van der Waals surface area contributed by atoms with Gasteiger partial charge in [-0.1, -0.05) is 6.92 Å². The van der Waals surface area contributed by atoms with Crippen molar-refractivity contribution < 1.29 is 4.74 Å². The van der Waals surface area contributed by atoms with Crippen molar-refractivity contribution in [2.45, 2.75) is 70.2 Å². The summed E-state index contributed by atoms with van der Waals surface area (Å²) in [4.78, 5) is 2.71. The van der Waals surface area contributed by atoms with Crippen LogP contribution < -0.4 is 5.32 Å². The highest BCUT2D eigenvalue weighted by Crippen LogP contribution is 2.35. The minimum atomic E-state index is 0.373. The number of hydrogen-bond donors (Lipinski definition) is 1. The van der Waals surface area contributed by atoms with E-state index < -0.39 is 0 Å². The molecule has 3 unspecified atom stereocenters. The fourth-order valence-corrected chi connectivity index (χ4v) is 3.46. The van der Waals surface area contributed by atoms with Gasteiger partial charge in [0.2, 0.25) is 0 Å². The van der Waals surface area contributed by atoms with Crippen molar-refractivity contribution in [1.82, 2.24) is 10.2 Å². The monoisotopic (exact) mass is 240 g/mol. The maximum Gasteiger partial charge on any atom is 0.0670 e. The van der Waals surface area contributed by atoms with E-state index in [1.165, 1.54) is 38.6 Å². The summed E-state index contributed by atoms with van der Waals surface area (Å²) in [7, 11) is 1.82. The van der Waals surface area contributed by atoms with Crippen LogP contribution >= 0.6 is 0 Å². The van der Waals surface area contributed by atoms with Gasteiger partial charge in [-0.05, 0) is 45.6 Å². The smallest absolute Gasteiger partial charge is 0.0670 e. The van der Waals surface area contributed by atoms with Gasteiger partial charge >= 0.3 is 0 Å². The zero-order chi connectivity index (χ0) is 12.3. The van der Waals surface area contributed by atoms with Gasteiger partial charge in [0.15, 0.2) is 0 Å². The molecule has 3 atom stereocenters. The van der Waals surface area contributed by atoms with Crippen molar-refractivity contribution in [3.63, 3.8) is 0 Å². The molecular formula is C14H28N2O. The van der Waals surface area contributed by atoms with E-state index in [2.05, 4.69) is 24.1 Å². The first-order valence-corrected chi connectivity index (χ1v) is 7.26. The van der Waals surface area contributed by atoms with Crippen LogP contribution in [0.5, 0.6) is 0 Å². The lowest BCUT2D eigenvalue weighted by Crippen LogP contribution is -2.51. The molecule has 2 saturated heterocycles. The van der Waals surface area contributed by atoms with Crippen molar-refractivity contribution in [2.24, 2.45) is 0 Å². The quantitative estimate of drug-likeness (QED) is 0.769. The summed E-state index contributed by atoms with van der Waals surface area (Å²) < 4.78 is 5.41. The van der Waals surface area contributed by atoms with E-state index >= 15 is 0 Å². The molecule has 2 aliphatic heterocycles. The van der Waals surface area contributed by atoms with Crippen LogP contribution in [0, 0.1) is 0 Å². The number of fused-ring (bicyclic) bond motifs is 2. The van der Waals surface area contributed by atoms with Crippen LogP contribution in [0.2, 0.25) is 0 Å². The Morgan fingerprint density at radius 3 is 2.47 bits per heavy atom. The highest BCUT2D eigenvalue weighted by atomic mass is 16.5. The second kappa shape index (κ2) is 6.17. The molecule has 2 bridgehead atoms. The van der Waals surface area contributed by atoms with Crippen molar-refractivity contribution in [3.8, 4) is 0 Å². The molecule has 0 aromatic rings. The number of ether oxygens (including phenoxy) is 1. The predicted molar refractivity (Wildman–Crippen MR) is 71.3 cm³/mol. The summed E-state index contributed by atoms with van der Waals surface area (Å²) in [5.41, 5.74) is 0. The molecule has 17 heavy (non-hydrogen) atoms. The molecule has 0 amide bonds. The van der Waals surface area contributed by atoms with Gasteiger partial charge in [0.25, 0.3) is 0 Å². The Hall–Kier alpha value is -0.120. The summed E-state index contributed by atoms with van der Waals surface area (Å²) >= 11 is 0. The number of nitrogens with zero attached hydrogens (tertiary/aromatic N) is 1. The van der Waals surface area contributed by atoms with Crippen LogP contribution in [-0.4, -0.2) is 49.3 Å². The molecule has 2 aliphatic rings. The Labute approximate surface area is 106 Å². The molecule has 1 N–H and O–H groups in total. The molecule has 0 spiro atoms. The van der Waals surface area contributed by atoms with Crippen molar-refractivity contribution in [2.75, 3.05) is 20.2 Å². The summed E-state index contributed by atoms with van der Waals surface area (Å²) in [5.74, 6) is 0. The van der Waals surface area contributed by atoms with Crippen LogP contribution in [0.4, 0.5) is 0 Å². The lowest BCUT2D eigenvalue weighted by molar-refractivity contribution is 0.0352. The van der Waals surface area contributed by atoms with Gasteiger partial charge in [-0.25, -0.2) is 0 Å². The topological polar surface area (TPSA) is 24.5 Å². The molecule has 2 rings (SSSR count). The van der Waals surface area contributed by atoms with E-state index in [-0.39, 0.29) is 0 Å². The van der Waals surface area contributed by atoms with E-state index in [1.54, 1.807) is 0 Å². The standard InChI is InChI=1S/C14H28N2O/c1-4-7-15-12-8-13-5-6-14(9-12)16(13)10-11(2)17-3/h11-15H,4-10H2,1-3H3. The lowest BCUT2D eigenvalue weighted by atomic mass is 9.97. The van der Waals surface area contributed by atoms with Crippen molar-refractivity contribution >= 4 is 0 Å². The van der Waals surface area contributed by atoms with E-state index in [1.807, 2.05) is 7.11 Å². The molecule has 0 saturated carbocycles. The molecule has 0 aromatic carbocycles. The summed E-state index contributed by atoms with van der Waals surface area (Å²) in [6, 6.07) is 2.38. The summed E-state index contributed by atoms with van der Waals surface area (Å²) in [5, 5.41) is 3.70. The molecule has 100 valence electrons. The lowest BCUT2D eigenvalue weighted by Gasteiger charge is -2.40. The van der Waals surface area contributed by atoms with Gasteiger partial charge < -0.3 is 10.1 Å². The number of rotatable bonds is 6. The average Bonchev–Trinajstić information content (AvgIpc) is 2.58. The largest absolute Gasteiger partial charge is 0.380 e. The Kier molecular flexibility index (Phi) is 4.83. The SMILES string of the molecule is CCCNC1CC2CCC(C1)N2CC(C)OC. The molecule has 3 nitrogen and oxygen atoms in total. The zero-order valence-corrected chi connectivity index (χ0v) is 11.6. The maximum absolute atomic E-state index is 5.41. The predicted octanol–water partition coefficient (Wildman–Crippen LogP) is 2.02. The second-order valence-electron chi connectivity index (χ2n) is 5.75. The first-order chi connectivity index (χ1) is 8.24. The fraction of sp³-hybridized carbons (Fsp3) is 1.00. The number of methoxy groups -OCH3 is 1. The molecule has 2 fully saturated rings. The van der Waals surface area contributed by atoms with Crippen molar-refractivity contribution in [3.05, 3.63) is 0 Å². The van der Waals surface area contributed by atoms with Crippen LogP contribution in [0.15, 0.2) is 0 Å². The third-order valence-electron chi connectivity index (χ3n) is 4.44. The first kappa shape index (κ1) is 13.3. The molecule has 3 heteroatoms. The van der Waals surface area contributed by atoms with Gasteiger partial charge in [-0.3, -0.25) is 4.90 Å². The Balaban J connectivity index is 1.84. The molecule has 2 heterocycles. The molecule has 0 aromatic heterocycles.